The second-order valence-corrected chi connectivity index (χ2v) is 4.06. The summed E-state index contributed by atoms with van der Waals surface area (Å²) in [6.07, 6.45) is 1.75. The Hall–Kier alpha value is -2.30. The SMILES string of the molecule is COc1ccc(OC(C)C)cc1C(=O)/C=C/C(=O)O. The predicted octanol–water partition coefficient (Wildman–Crippen LogP) is 2.31. The van der Waals surface area contributed by atoms with E-state index in [1.54, 1.807) is 12.1 Å². The normalized spacial score (nSPS) is 10.7. The van der Waals surface area contributed by atoms with Crippen LogP contribution in [-0.4, -0.2) is 30.1 Å². The van der Waals surface area contributed by atoms with Gasteiger partial charge in [0.1, 0.15) is 11.5 Å². The third-order valence-electron chi connectivity index (χ3n) is 2.19. The first-order valence-corrected chi connectivity index (χ1v) is 5.74. The van der Waals surface area contributed by atoms with Crippen molar-refractivity contribution >= 4 is 11.8 Å². The molecule has 0 spiro atoms. The molecule has 0 aliphatic carbocycles. The zero-order valence-electron chi connectivity index (χ0n) is 11.0. The molecule has 0 bridgehead atoms. The number of hydrogen-bond donors (Lipinski definition) is 1. The van der Waals surface area contributed by atoms with Crippen LogP contribution in [0.4, 0.5) is 0 Å². The quantitative estimate of drug-likeness (QED) is 0.630. The monoisotopic (exact) mass is 264 g/mol. The van der Waals surface area contributed by atoms with Crippen LogP contribution in [0.15, 0.2) is 30.4 Å². The van der Waals surface area contributed by atoms with E-state index in [9.17, 15) is 9.59 Å². The van der Waals surface area contributed by atoms with Crippen molar-refractivity contribution < 1.29 is 24.2 Å². The molecular formula is C14H16O5. The maximum atomic E-state index is 11.9. The number of ketones is 1. The van der Waals surface area contributed by atoms with E-state index in [1.807, 2.05) is 13.8 Å². The lowest BCUT2D eigenvalue weighted by molar-refractivity contribution is -0.131. The number of carbonyl (C=O) groups is 2. The van der Waals surface area contributed by atoms with Crippen molar-refractivity contribution in [2.45, 2.75) is 20.0 Å². The van der Waals surface area contributed by atoms with Gasteiger partial charge in [0.15, 0.2) is 5.78 Å². The molecule has 0 saturated carbocycles. The highest BCUT2D eigenvalue weighted by atomic mass is 16.5. The number of carboxylic acids is 1. The largest absolute Gasteiger partial charge is 0.496 e. The van der Waals surface area contributed by atoms with Gasteiger partial charge in [-0.3, -0.25) is 4.79 Å². The Morgan fingerprint density at radius 2 is 1.95 bits per heavy atom. The number of aliphatic carboxylic acids is 1. The molecular weight excluding hydrogens is 248 g/mol. The molecule has 0 aromatic heterocycles. The zero-order chi connectivity index (χ0) is 14.4. The number of allylic oxidation sites excluding steroid dienone is 1. The summed E-state index contributed by atoms with van der Waals surface area (Å²) in [7, 11) is 1.44. The number of ether oxygens (including phenoxy) is 2. The Morgan fingerprint density at radius 3 is 2.47 bits per heavy atom. The Morgan fingerprint density at radius 1 is 1.26 bits per heavy atom. The molecule has 5 nitrogen and oxygen atoms in total. The summed E-state index contributed by atoms with van der Waals surface area (Å²) in [6.45, 7) is 3.74. The second-order valence-electron chi connectivity index (χ2n) is 4.06. The Labute approximate surface area is 111 Å². The van der Waals surface area contributed by atoms with Crippen LogP contribution in [0.2, 0.25) is 0 Å². The van der Waals surface area contributed by atoms with E-state index in [2.05, 4.69) is 0 Å². The van der Waals surface area contributed by atoms with E-state index < -0.39 is 11.8 Å². The van der Waals surface area contributed by atoms with Crippen LogP contribution in [0.3, 0.4) is 0 Å². The summed E-state index contributed by atoms with van der Waals surface area (Å²) in [6, 6.07) is 4.84. The van der Waals surface area contributed by atoms with Crippen molar-refractivity contribution in [3.8, 4) is 11.5 Å². The summed E-state index contributed by atoms with van der Waals surface area (Å²) in [5.41, 5.74) is 0.262. The molecule has 0 amide bonds. The lowest BCUT2D eigenvalue weighted by Crippen LogP contribution is -2.07. The van der Waals surface area contributed by atoms with Crippen LogP contribution in [-0.2, 0) is 4.79 Å². The highest BCUT2D eigenvalue weighted by Gasteiger charge is 2.12. The van der Waals surface area contributed by atoms with Gasteiger partial charge in [-0.25, -0.2) is 4.79 Å². The van der Waals surface area contributed by atoms with Crippen molar-refractivity contribution in [1.29, 1.82) is 0 Å². The molecule has 1 N–H and O–H groups in total. The molecule has 1 rings (SSSR count). The highest BCUT2D eigenvalue weighted by Crippen LogP contribution is 2.25. The summed E-state index contributed by atoms with van der Waals surface area (Å²) in [5, 5.41) is 8.51. The van der Waals surface area contributed by atoms with Crippen LogP contribution < -0.4 is 9.47 Å². The van der Waals surface area contributed by atoms with Gasteiger partial charge in [-0.05, 0) is 38.1 Å². The lowest BCUT2D eigenvalue weighted by atomic mass is 10.1. The summed E-state index contributed by atoms with van der Waals surface area (Å²) < 4.78 is 10.6. The predicted molar refractivity (Wildman–Crippen MR) is 69.9 cm³/mol. The first kappa shape index (κ1) is 14.8. The topological polar surface area (TPSA) is 72.8 Å². The third kappa shape index (κ3) is 4.46. The van der Waals surface area contributed by atoms with Crippen LogP contribution in [0.5, 0.6) is 11.5 Å². The molecule has 19 heavy (non-hydrogen) atoms. The molecule has 102 valence electrons. The molecule has 0 saturated heterocycles. The van der Waals surface area contributed by atoms with Crippen LogP contribution >= 0.6 is 0 Å². The minimum atomic E-state index is -1.18. The number of methoxy groups -OCH3 is 1. The van der Waals surface area contributed by atoms with E-state index in [-0.39, 0.29) is 11.7 Å². The average molecular weight is 264 g/mol. The number of carbonyl (C=O) groups excluding carboxylic acids is 1. The van der Waals surface area contributed by atoms with Crippen molar-refractivity contribution in [2.24, 2.45) is 0 Å². The van der Waals surface area contributed by atoms with Gasteiger partial charge >= 0.3 is 5.97 Å². The standard InChI is InChI=1S/C14H16O5/c1-9(2)19-10-4-6-13(18-3)11(8-10)12(15)5-7-14(16)17/h4-9H,1-3H3,(H,16,17)/b7-5+. The first-order chi connectivity index (χ1) is 8.93. The first-order valence-electron chi connectivity index (χ1n) is 5.74. The van der Waals surface area contributed by atoms with Crippen LogP contribution in [0.1, 0.15) is 24.2 Å². The fraction of sp³-hybridized carbons (Fsp3) is 0.286. The minimum absolute atomic E-state index is 0.0223. The molecule has 0 atom stereocenters. The second kappa shape index (κ2) is 6.58. The van der Waals surface area contributed by atoms with Gasteiger partial charge in [-0.15, -0.1) is 0 Å². The number of hydrogen-bond acceptors (Lipinski definition) is 4. The molecule has 0 aliphatic rings. The fourth-order valence-electron chi connectivity index (χ4n) is 1.46. The lowest BCUT2D eigenvalue weighted by Gasteiger charge is -2.12. The van der Waals surface area contributed by atoms with E-state index in [0.29, 0.717) is 11.5 Å². The summed E-state index contributed by atoms with van der Waals surface area (Å²) >= 11 is 0. The average Bonchev–Trinajstić information content (AvgIpc) is 2.35. The third-order valence-corrected chi connectivity index (χ3v) is 2.19. The molecule has 1 aromatic carbocycles. The van der Waals surface area contributed by atoms with Gasteiger partial charge in [0.05, 0.1) is 18.8 Å². The zero-order valence-corrected chi connectivity index (χ0v) is 11.0. The molecule has 0 radical (unpaired) electrons. The van der Waals surface area contributed by atoms with Crippen molar-refractivity contribution in [2.75, 3.05) is 7.11 Å². The number of benzene rings is 1. The fourth-order valence-corrected chi connectivity index (χ4v) is 1.46. The molecule has 0 fully saturated rings. The van der Waals surface area contributed by atoms with Gasteiger partial charge in [0, 0.05) is 6.08 Å². The van der Waals surface area contributed by atoms with Crippen LogP contribution in [0, 0.1) is 0 Å². The molecule has 0 aliphatic heterocycles. The van der Waals surface area contributed by atoms with Gasteiger partial charge < -0.3 is 14.6 Å². The van der Waals surface area contributed by atoms with E-state index in [4.69, 9.17) is 14.6 Å². The minimum Gasteiger partial charge on any atom is -0.496 e. The Kier molecular flexibility index (Phi) is 5.11. The smallest absolute Gasteiger partial charge is 0.328 e. The molecule has 1 aromatic rings. The molecule has 0 unspecified atom stereocenters. The Bertz CT molecular complexity index is 503. The molecule has 5 heteroatoms. The summed E-state index contributed by atoms with van der Waals surface area (Å²) in [4.78, 5) is 22.3. The van der Waals surface area contributed by atoms with Crippen molar-refractivity contribution in [3.63, 3.8) is 0 Å². The van der Waals surface area contributed by atoms with E-state index in [0.717, 1.165) is 12.2 Å². The van der Waals surface area contributed by atoms with Gasteiger partial charge in [0.25, 0.3) is 0 Å². The maximum absolute atomic E-state index is 11.9. The number of rotatable bonds is 6. The number of carboxylic acid groups (broad SMARTS) is 1. The van der Waals surface area contributed by atoms with Crippen LogP contribution in [0.25, 0.3) is 0 Å². The highest BCUT2D eigenvalue weighted by molar-refractivity contribution is 6.08. The van der Waals surface area contributed by atoms with Gasteiger partial charge in [-0.2, -0.15) is 0 Å². The maximum Gasteiger partial charge on any atom is 0.328 e. The summed E-state index contributed by atoms with van der Waals surface area (Å²) in [5.74, 6) is -0.727. The Balaban J connectivity index is 3.08. The van der Waals surface area contributed by atoms with Gasteiger partial charge in [0.2, 0.25) is 0 Å². The van der Waals surface area contributed by atoms with Crippen molar-refractivity contribution in [1.82, 2.24) is 0 Å². The van der Waals surface area contributed by atoms with Crippen molar-refractivity contribution in [3.05, 3.63) is 35.9 Å². The van der Waals surface area contributed by atoms with Gasteiger partial charge in [-0.1, -0.05) is 0 Å². The molecule has 0 heterocycles. The van der Waals surface area contributed by atoms with E-state index in [1.165, 1.54) is 13.2 Å². The van der Waals surface area contributed by atoms with E-state index >= 15 is 0 Å².